The number of amides is 1. The summed E-state index contributed by atoms with van der Waals surface area (Å²) in [7, 11) is -1.16. The van der Waals surface area contributed by atoms with E-state index in [2.05, 4.69) is 0 Å². The Morgan fingerprint density at radius 1 is 1.21 bits per heavy atom. The summed E-state index contributed by atoms with van der Waals surface area (Å²) in [6.07, 6.45) is 0. The van der Waals surface area contributed by atoms with Crippen molar-refractivity contribution in [2.24, 2.45) is 0 Å². The van der Waals surface area contributed by atoms with E-state index in [1.807, 2.05) is 0 Å². The Bertz CT molecular complexity index is 990. The van der Waals surface area contributed by atoms with Crippen molar-refractivity contribution in [3.8, 4) is 5.75 Å². The van der Waals surface area contributed by atoms with Gasteiger partial charge in [-0.15, -0.1) is 0 Å². The van der Waals surface area contributed by atoms with Crippen LogP contribution in [0.1, 0.15) is 15.9 Å². The molecule has 156 valence electrons. The van der Waals surface area contributed by atoms with Gasteiger partial charge in [-0.1, -0.05) is 18.2 Å². The van der Waals surface area contributed by atoms with Crippen LogP contribution in [0.15, 0.2) is 47.4 Å². The highest BCUT2D eigenvalue weighted by molar-refractivity contribution is 7.89. The lowest BCUT2D eigenvalue weighted by Gasteiger charge is -2.27. The number of sulfonamides is 1. The van der Waals surface area contributed by atoms with Gasteiger partial charge in [0.25, 0.3) is 5.91 Å². The first-order valence-electron chi connectivity index (χ1n) is 9.09. The molecular weight excluding hydrogens is 399 g/mol. The van der Waals surface area contributed by atoms with E-state index in [-0.39, 0.29) is 34.2 Å². The summed E-state index contributed by atoms with van der Waals surface area (Å²) in [5.41, 5.74) is 0.423. The van der Waals surface area contributed by atoms with Crippen LogP contribution in [-0.2, 0) is 21.3 Å². The van der Waals surface area contributed by atoms with Gasteiger partial charge in [0.15, 0.2) is 0 Å². The van der Waals surface area contributed by atoms with Gasteiger partial charge < -0.3 is 14.4 Å². The molecule has 7 nitrogen and oxygen atoms in total. The molecule has 1 saturated heterocycles. The molecule has 0 atom stereocenters. The first-order valence-corrected chi connectivity index (χ1v) is 10.5. The van der Waals surface area contributed by atoms with Crippen molar-refractivity contribution in [3.63, 3.8) is 0 Å². The van der Waals surface area contributed by atoms with E-state index in [9.17, 15) is 17.6 Å². The minimum Gasteiger partial charge on any atom is -0.496 e. The minimum atomic E-state index is -3.95. The van der Waals surface area contributed by atoms with Crippen molar-refractivity contribution in [1.29, 1.82) is 0 Å². The lowest BCUT2D eigenvalue weighted by Crippen LogP contribution is -2.40. The molecule has 2 aromatic carbocycles. The standard InChI is InChI=1S/C20H23FN2O5S/c1-22(14-15-5-3-4-6-18(15)21)29(25,26)16-7-8-19(27-2)17(13-16)20(24)23-9-11-28-12-10-23/h3-8,13H,9-12,14H2,1-2H3. The Balaban J connectivity index is 1.90. The van der Waals surface area contributed by atoms with E-state index in [1.165, 1.54) is 44.5 Å². The summed E-state index contributed by atoms with van der Waals surface area (Å²) in [6, 6.07) is 10.1. The van der Waals surface area contributed by atoms with Crippen LogP contribution in [0.2, 0.25) is 0 Å². The number of nitrogens with zero attached hydrogens (tertiary/aromatic N) is 2. The van der Waals surface area contributed by atoms with E-state index in [1.54, 1.807) is 17.0 Å². The smallest absolute Gasteiger partial charge is 0.257 e. The molecule has 2 aromatic rings. The minimum absolute atomic E-state index is 0.0613. The number of carbonyl (C=O) groups excluding carboxylic acids is 1. The summed E-state index contributed by atoms with van der Waals surface area (Å²) >= 11 is 0. The second-order valence-electron chi connectivity index (χ2n) is 6.62. The van der Waals surface area contributed by atoms with Crippen LogP contribution in [-0.4, -0.2) is 64.0 Å². The maximum atomic E-state index is 13.9. The summed E-state index contributed by atoms with van der Waals surface area (Å²) < 4.78 is 51.5. The van der Waals surface area contributed by atoms with Gasteiger partial charge in [0.2, 0.25) is 10.0 Å². The maximum absolute atomic E-state index is 13.9. The second kappa shape index (κ2) is 8.89. The van der Waals surface area contributed by atoms with Crippen molar-refractivity contribution in [3.05, 3.63) is 59.4 Å². The van der Waals surface area contributed by atoms with Crippen LogP contribution in [0.3, 0.4) is 0 Å². The number of morpholine rings is 1. The van der Waals surface area contributed by atoms with Gasteiger partial charge in [0.1, 0.15) is 11.6 Å². The second-order valence-corrected chi connectivity index (χ2v) is 8.66. The molecule has 29 heavy (non-hydrogen) atoms. The molecule has 0 aliphatic carbocycles. The largest absolute Gasteiger partial charge is 0.496 e. The Morgan fingerprint density at radius 3 is 2.55 bits per heavy atom. The van der Waals surface area contributed by atoms with Crippen molar-refractivity contribution in [2.45, 2.75) is 11.4 Å². The van der Waals surface area contributed by atoms with Gasteiger partial charge in [-0.3, -0.25) is 4.79 Å². The zero-order valence-corrected chi connectivity index (χ0v) is 17.1. The molecule has 0 unspecified atom stereocenters. The van der Waals surface area contributed by atoms with Gasteiger partial charge in [-0.05, 0) is 24.3 Å². The van der Waals surface area contributed by atoms with Crippen molar-refractivity contribution < 1.29 is 27.1 Å². The zero-order chi connectivity index (χ0) is 21.0. The van der Waals surface area contributed by atoms with Crippen LogP contribution in [0.5, 0.6) is 5.75 Å². The predicted octanol–water partition coefficient (Wildman–Crippen LogP) is 2.13. The van der Waals surface area contributed by atoms with Crippen molar-refractivity contribution in [1.82, 2.24) is 9.21 Å². The van der Waals surface area contributed by atoms with Crippen LogP contribution in [0.25, 0.3) is 0 Å². The third-order valence-corrected chi connectivity index (χ3v) is 6.56. The molecule has 0 N–H and O–H groups in total. The summed E-state index contributed by atoms with van der Waals surface area (Å²) in [6.45, 7) is 1.57. The average molecular weight is 422 g/mol. The SMILES string of the molecule is COc1ccc(S(=O)(=O)N(C)Cc2ccccc2F)cc1C(=O)N1CCOCC1. The Hall–Kier alpha value is -2.49. The number of ether oxygens (including phenoxy) is 2. The number of carbonyl (C=O) groups is 1. The van der Waals surface area contributed by atoms with Gasteiger partial charge in [0, 0.05) is 32.2 Å². The Morgan fingerprint density at radius 2 is 1.90 bits per heavy atom. The average Bonchev–Trinajstić information content (AvgIpc) is 2.74. The molecule has 0 spiro atoms. The van der Waals surface area contributed by atoms with Crippen LogP contribution < -0.4 is 4.74 Å². The lowest BCUT2D eigenvalue weighted by molar-refractivity contribution is 0.0300. The van der Waals surface area contributed by atoms with Crippen molar-refractivity contribution >= 4 is 15.9 Å². The fraction of sp³-hybridized carbons (Fsp3) is 0.350. The molecule has 9 heteroatoms. The molecule has 1 heterocycles. The molecule has 1 aliphatic heterocycles. The third kappa shape index (κ3) is 4.58. The zero-order valence-electron chi connectivity index (χ0n) is 16.3. The van der Waals surface area contributed by atoms with E-state index < -0.39 is 15.8 Å². The summed E-state index contributed by atoms with van der Waals surface area (Å²) in [4.78, 5) is 14.4. The van der Waals surface area contributed by atoms with Crippen LogP contribution in [0, 0.1) is 5.82 Å². The lowest BCUT2D eigenvalue weighted by atomic mass is 10.1. The monoisotopic (exact) mass is 422 g/mol. The van der Waals surface area contributed by atoms with E-state index >= 15 is 0 Å². The van der Waals surface area contributed by atoms with E-state index in [0.29, 0.717) is 26.3 Å². The molecule has 0 bridgehead atoms. The molecular formula is C20H23FN2O5S. The maximum Gasteiger partial charge on any atom is 0.257 e. The molecule has 3 rings (SSSR count). The summed E-state index contributed by atoms with van der Waals surface area (Å²) in [5.74, 6) is -0.511. The molecule has 0 radical (unpaired) electrons. The van der Waals surface area contributed by atoms with Crippen molar-refractivity contribution in [2.75, 3.05) is 40.5 Å². The molecule has 1 aliphatic rings. The van der Waals surface area contributed by atoms with Gasteiger partial charge in [0.05, 0.1) is 30.8 Å². The highest BCUT2D eigenvalue weighted by Crippen LogP contribution is 2.26. The molecule has 0 saturated carbocycles. The Kier molecular flexibility index (Phi) is 6.51. The predicted molar refractivity (Wildman–Crippen MR) is 105 cm³/mol. The third-order valence-electron chi connectivity index (χ3n) is 4.76. The van der Waals surface area contributed by atoms with Crippen LogP contribution in [0.4, 0.5) is 4.39 Å². The highest BCUT2D eigenvalue weighted by Gasteiger charge is 2.27. The van der Waals surface area contributed by atoms with Gasteiger partial charge >= 0.3 is 0 Å². The number of halogens is 1. The number of hydrogen-bond acceptors (Lipinski definition) is 5. The molecule has 1 amide bonds. The number of benzene rings is 2. The quantitative estimate of drug-likeness (QED) is 0.713. The molecule has 0 aromatic heterocycles. The van der Waals surface area contributed by atoms with Crippen LogP contribution >= 0.6 is 0 Å². The highest BCUT2D eigenvalue weighted by atomic mass is 32.2. The first-order chi connectivity index (χ1) is 13.8. The molecule has 1 fully saturated rings. The topological polar surface area (TPSA) is 76.2 Å². The van der Waals surface area contributed by atoms with Gasteiger partial charge in [-0.2, -0.15) is 4.31 Å². The summed E-state index contributed by atoms with van der Waals surface area (Å²) in [5, 5.41) is 0. The Labute approximate surface area is 169 Å². The fourth-order valence-electron chi connectivity index (χ4n) is 3.08. The number of rotatable bonds is 6. The fourth-order valence-corrected chi connectivity index (χ4v) is 4.26. The number of methoxy groups -OCH3 is 1. The normalized spacial score (nSPS) is 14.8. The van der Waals surface area contributed by atoms with E-state index in [0.717, 1.165) is 4.31 Å². The van der Waals surface area contributed by atoms with Gasteiger partial charge in [-0.25, -0.2) is 12.8 Å². The van der Waals surface area contributed by atoms with E-state index in [4.69, 9.17) is 9.47 Å². The number of hydrogen-bond donors (Lipinski definition) is 0. The first kappa shape index (κ1) is 21.2.